The fourth-order valence-electron chi connectivity index (χ4n) is 1.71. The number of sulfonamides is 1. The van der Waals surface area contributed by atoms with Gasteiger partial charge in [0.1, 0.15) is 4.90 Å². The Morgan fingerprint density at radius 1 is 1.24 bits per heavy atom. The predicted octanol–water partition coefficient (Wildman–Crippen LogP) is 2.52. The average Bonchev–Trinajstić information content (AvgIpc) is 2.57. The van der Waals surface area contributed by atoms with Crippen molar-refractivity contribution < 1.29 is 27.1 Å². The molecule has 2 rings (SSSR count). The van der Waals surface area contributed by atoms with Crippen LogP contribution in [0.15, 0.2) is 23.1 Å². The third-order valence-electron chi connectivity index (χ3n) is 2.83. The van der Waals surface area contributed by atoms with Crippen molar-refractivity contribution in [1.82, 2.24) is 9.97 Å². The predicted molar refractivity (Wildman–Crippen MR) is 87.2 cm³/mol. The number of halogens is 3. The molecular weight excluding hydrogens is 400 g/mol. The summed E-state index contributed by atoms with van der Waals surface area (Å²) in [6, 6.07) is 3.97. The van der Waals surface area contributed by atoms with Gasteiger partial charge in [0, 0.05) is 0 Å². The Morgan fingerprint density at radius 3 is 2.52 bits per heavy atom. The van der Waals surface area contributed by atoms with Crippen molar-refractivity contribution in [2.75, 3.05) is 18.9 Å². The summed E-state index contributed by atoms with van der Waals surface area (Å²) in [6.07, 6.45) is 0. The van der Waals surface area contributed by atoms with Crippen LogP contribution in [0.3, 0.4) is 0 Å². The number of anilines is 1. The van der Waals surface area contributed by atoms with Crippen LogP contribution >= 0.6 is 23.2 Å². The zero-order valence-electron chi connectivity index (χ0n) is 12.7. The molecule has 8 nitrogen and oxygen atoms in total. The van der Waals surface area contributed by atoms with Gasteiger partial charge in [-0.1, -0.05) is 29.3 Å². The molecule has 0 aliphatic carbocycles. The molecule has 0 fully saturated rings. The first-order valence-electron chi connectivity index (χ1n) is 6.38. The van der Waals surface area contributed by atoms with E-state index in [-0.39, 0.29) is 14.9 Å². The van der Waals surface area contributed by atoms with Crippen LogP contribution in [-0.2, 0) is 14.8 Å². The van der Waals surface area contributed by atoms with E-state index in [9.17, 15) is 17.6 Å². The number of carbonyl (C=O) groups is 1. The minimum atomic E-state index is -4.28. The van der Waals surface area contributed by atoms with E-state index in [0.29, 0.717) is 0 Å². The lowest BCUT2D eigenvalue weighted by atomic mass is 10.4. The largest absolute Gasteiger partial charge is 0.478 e. The van der Waals surface area contributed by atoms with Crippen LogP contribution in [0.5, 0.6) is 5.88 Å². The number of aromatic nitrogens is 2. The van der Waals surface area contributed by atoms with E-state index in [1.54, 1.807) is 0 Å². The molecule has 0 amide bonds. The Morgan fingerprint density at radius 2 is 1.92 bits per heavy atom. The van der Waals surface area contributed by atoms with Crippen LogP contribution in [0.4, 0.5) is 10.2 Å². The molecule has 0 saturated carbocycles. The Balaban J connectivity index is 2.55. The molecule has 1 heterocycles. The van der Waals surface area contributed by atoms with Crippen LogP contribution in [0.2, 0.25) is 10.0 Å². The minimum absolute atomic E-state index is 0.0111. The molecule has 1 aromatic heterocycles. The van der Waals surface area contributed by atoms with E-state index in [2.05, 4.69) is 14.7 Å². The van der Waals surface area contributed by atoms with Crippen molar-refractivity contribution in [2.24, 2.45) is 0 Å². The number of hydrogen-bond acceptors (Lipinski definition) is 7. The summed E-state index contributed by atoms with van der Waals surface area (Å²) in [7, 11) is -2.16. The molecule has 0 aliphatic heterocycles. The van der Waals surface area contributed by atoms with Crippen molar-refractivity contribution in [3.8, 4) is 5.88 Å². The van der Waals surface area contributed by atoms with Crippen LogP contribution in [-0.4, -0.2) is 38.6 Å². The van der Waals surface area contributed by atoms with Crippen molar-refractivity contribution >= 4 is 45.0 Å². The Bertz CT molecular complexity index is 940. The van der Waals surface area contributed by atoms with Gasteiger partial charge in [-0.25, -0.2) is 18.2 Å². The molecule has 0 saturated heterocycles. The lowest BCUT2D eigenvalue weighted by molar-refractivity contribution is 0.0586. The zero-order valence-corrected chi connectivity index (χ0v) is 15.0. The SMILES string of the molecule is COC(=O)c1nc(NS(=O)(=O)c2cccc(Cl)c2Cl)c(OC)nc1F. The molecular formula is C13H10Cl2FN3O5S. The smallest absolute Gasteiger partial charge is 0.361 e. The maximum Gasteiger partial charge on any atom is 0.361 e. The molecule has 134 valence electrons. The normalized spacial score (nSPS) is 11.1. The summed E-state index contributed by atoms with van der Waals surface area (Å²) < 4.78 is 49.9. The highest BCUT2D eigenvalue weighted by Crippen LogP contribution is 2.31. The Labute approximate surface area is 151 Å². The highest BCUT2D eigenvalue weighted by Gasteiger charge is 2.26. The van der Waals surface area contributed by atoms with E-state index >= 15 is 0 Å². The summed E-state index contributed by atoms with van der Waals surface area (Å²) in [5, 5.41) is -0.212. The number of ether oxygens (including phenoxy) is 2. The summed E-state index contributed by atoms with van der Waals surface area (Å²) in [5.74, 6) is -3.45. The van der Waals surface area contributed by atoms with Crippen LogP contribution in [0, 0.1) is 5.95 Å². The molecule has 0 aliphatic rings. The summed E-state index contributed by atoms with van der Waals surface area (Å²) in [5.41, 5.74) is -0.821. The molecule has 25 heavy (non-hydrogen) atoms. The molecule has 0 atom stereocenters. The fraction of sp³-hybridized carbons (Fsp3) is 0.154. The van der Waals surface area contributed by atoms with Crippen LogP contribution in [0.1, 0.15) is 10.5 Å². The monoisotopic (exact) mass is 409 g/mol. The number of nitrogens with zero attached hydrogens (tertiary/aromatic N) is 2. The first-order valence-corrected chi connectivity index (χ1v) is 8.61. The third-order valence-corrected chi connectivity index (χ3v) is 5.14. The number of nitrogens with one attached hydrogen (secondary N) is 1. The van der Waals surface area contributed by atoms with Crippen molar-refractivity contribution in [1.29, 1.82) is 0 Å². The lowest BCUT2D eigenvalue weighted by Gasteiger charge is -2.12. The highest BCUT2D eigenvalue weighted by atomic mass is 35.5. The van der Waals surface area contributed by atoms with Gasteiger partial charge in [-0.3, -0.25) is 4.72 Å². The number of hydrogen-bond donors (Lipinski definition) is 1. The number of carbonyl (C=O) groups excluding carboxylic acids is 1. The number of esters is 1. The molecule has 12 heteroatoms. The molecule has 0 radical (unpaired) electrons. The molecule has 0 spiro atoms. The van der Waals surface area contributed by atoms with Gasteiger partial charge in [-0.15, -0.1) is 0 Å². The van der Waals surface area contributed by atoms with E-state index < -0.39 is 39.3 Å². The van der Waals surface area contributed by atoms with Gasteiger partial charge in [0.15, 0.2) is 0 Å². The van der Waals surface area contributed by atoms with Gasteiger partial charge in [0.05, 0.1) is 24.3 Å². The van der Waals surface area contributed by atoms with Crippen molar-refractivity contribution in [2.45, 2.75) is 4.90 Å². The van der Waals surface area contributed by atoms with Crippen LogP contribution in [0.25, 0.3) is 0 Å². The second kappa shape index (κ2) is 7.38. The van der Waals surface area contributed by atoms with Crippen LogP contribution < -0.4 is 9.46 Å². The van der Waals surface area contributed by atoms with E-state index in [4.69, 9.17) is 27.9 Å². The zero-order chi connectivity index (χ0) is 18.8. The minimum Gasteiger partial charge on any atom is -0.478 e. The van der Waals surface area contributed by atoms with Gasteiger partial charge in [-0.2, -0.15) is 9.37 Å². The quantitative estimate of drug-likeness (QED) is 0.755. The van der Waals surface area contributed by atoms with E-state index in [0.717, 1.165) is 14.2 Å². The first kappa shape index (κ1) is 19.2. The summed E-state index contributed by atoms with van der Waals surface area (Å²) in [6.45, 7) is 0. The van der Waals surface area contributed by atoms with Gasteiger partial charge >= 0.3 is 5.97 Å². The number of rotatable bonds is 5. The van der Waals surface area contributed by atoms with Crippen molar-refractivity contribution in [3.63, 3.8) is 0 Å². The summed E-state index contributed by atoms with van der Waals surface area (Å²) in [4.78, 5) is 18.1. The van der Waals surface area contributed by atoms with E-state index in [1.165, 1.54) is 18.2 Å². The van der Waals surface area contributed by atoms with Gasteiger partial charge < -0.3 is 9.47 Å². The fourth-order valence-corrected chi connectivity index (χ4v) is 3.47. The van der Waals surface area contributed by atoms with Gasteiger partial charge in [0.2, 0.25) is 17.5 Å². The Kier molecular flexibility index (Phi) is 5.65. The summed E-state index contributed by atoms with van der Waals surface area (Å²) >= 11 is 11.7. The second-order valence-electron chi connectivity index (χ2n) is 4.37. The number of methoxy groups -OCH3 is 2. The maximum atomic E-state index is 13.8. The van der Waals surface area contributed by atoms with Gasteiger partial charge in [0.25, 0.3) is 15.9 Å². The molecule has 1 aromatic carbocycles. The average molecular weight is 410 g/mol. The molecule has 0 unspecified atom stereocenters. The van der Waals surface area contributed by atoms with Gasteiger partial charge in [-0.05, 0) is 12.1 Å². The van der Waals surface area contributed by atoms with Crippen molar-refractivity contribution in [3.05, 3.63) is 39.9 Å². The van der Waals surface area contributed by atoms with E-state index in [1.807, 2.05) is 4.72 Å². The molecule has 1 N–H and O–H groups in total. The topological polar surface area (TPSA) is 107 Å². The first-order chi connectivity index (χ1) is 11.7. The standard InChI is InChI=1S/C13H10Cl2FN3O5S/c1-23-12-11(17-9(10(16)18-12)13(20)24-2)19-25(21,22)7-5-3-4-6(14)8(7)15/h3-5H,1-2H3,(H,17,19). The highest BCUT2D eigenvalue weighted by molar-refractivity contribution is 7.92. The third kappa shape index (κ3) is 3.91. The number of benzene rings is 1. The maximum absolute atomic E-state index is 13.8. The Hall–Kier alpha value is -2.17. The lowest BCUT2D eigenvalue weighted by Crippen LogP contribution is -2.18. The second-order valence-corrected chi connectivity index (χ2v) is 6.81. The molecule has 0 bridgehead atoms. The molecule has 2 aromatic rings.